The van der Waals surface area contributed by atoms with Crippen molar-refractivity contribution in [2.75, 3.05) is 5.32 Å². The first-order valence-corrected chi connectivity index (χ1v) is 6.46. The Hall–Kier alpha value is -2.47. The highest BCUT2D eigenvalue weighted by molar-refractivity contribution is 5.85. The summed E-state index contributed by atoms with van der Waals surface area (Å²) >= 11 is 0. The van der Waals surface area contributed by atoms with E-state index in [2.05, 4.69) is 43.7 Å². The summed E-state index contributed by atoms with van der Waals surface area (Å²) in [7, 11) is 0. The number of aromatic nitrogens is 4. The molecule has 3 heterocycles. The Balaban J connectivity index is 1.57. The first-order valence-electron chi connectivity index (χ1n) is 6.46. The van der Waals surface area contributed by atoms with Gasteiger partial charge in [-0.05, 0) is 16.7 Å². The fourth-order valence-corrected chi connectivity index (χ4v) is 2.43. The quantitative estimate of drug-likeness (QED) is 0.759. The average molecular weight is 267 g/mol. The molecule has 4 rings (SSSR count). The van der Waals surface area contributed by atoms with Crippen molar-refractivity contribution in [1.82, 2.24) is 20.2 Å². The maximum Gasteiger partial charge on any atom is 0.160 e. The largest absolute Gasteiger partial charge is 0.372 e. The number of rotatable bonds is 3. The fraction of sp³-hybridized carbons (Fsp3) is 0.214. The average Bonchev–Trinajstić information content (AvgIpc) is 3.13. The molecular formula is C14H13N5O. The smallest absolute Gasteiger partial charge is 0.160 e. The van der Waals surface area contributed by atoms with Gasteiger partial charge in [-0.15, -0.1) is 0 Å². The molecule has 3 aromatic rings. The van der Waals surface area contributed by atoms with Crippen molar-refractivity contribution < 1.29 is 4.74 Å². The van der Waals surface area contributed by atoms with Crippen LogP contribution >= 0.6 is 0 Å². The van der Waals surface area contributed by atoms with Gasteiger partial charge in [-0.25, -0.2) is 9.97 Å². The fourth-order valence-electron chi connectivity index (χ4n) is 2.43. The number of H-pyrrole nitrogens is 1. The lowest BCUT2D eigenvalue weighted by molar-refractivity contribution is 0.134. The van der Waals surface area contributed by atoms with Crippen LogP contribution in [0.2, 0.25) is 0 Å². The molecule has 2 aromatic heterocycles. The zero-order valence-electron chi connectivity index (χ0n) is 10.8. The van der Waals surface area contributed by atoms with Gasteiger partial charge >= 0.3 is 0 Å². The molecule has 0 saturated carbocycles. The molecular weight excluding hydrogens is 254 g/mol. The molecule has 0 unspecified atom stereocenters. The Morgan fingerprint density at radius 1 is 1.20 bits per heavy atom. The molecule has 2 N–H and O–H groups in total. The van der Waals surface area contributed by atoms with Crippen LogP contribution in [0.1, 0.15) is 16.7 Å². The van der Waals surface area contributed by atoms with Crippen LogP contribution in [0.3, 0.4) is 0 Å². The molecule has 0 aliphatic carbocycles. The molecule has 1 aliphatic rings. The Kier molecular flexibility index (Phi) is 2.60. The van der Waals surface area contributed by atoms with Crippen molar-refractivity contribution in [2.45, 2.75) is 19.8 Å². The minimum atomic E-state index is 0.711. The van der Waals surface area contributed by atoms with E-state index in [1.165, 1.54) is 23.0 Å². The van der Waals surface area contributed by atoms with Crippen LogP contribution in [0.15, 0.2) is 30.7 Å². The molecule has 6 heteroatoms. The summed E-state index contributed by atoms with van der Waals surface area (Å²) in [5.74, 6) is 0.792. The van der Waals surface area contributed by atoms with E-state index in [4.69, 9.17) is 4.74 Å². The first kappa shape index (κ1) is 11.4. The molecule has 0 spiro atoms. The third kappa shape index (κ3) is 1.90. The molecule has 0 radical (unpaired) electrons. The van der Waals surface area contributed by atoms with Crippen molar-refractivity contribution in [3.8, 4) is 0 Å². The summed E-state index contributed by atoms with van der Waals surface area (Å²) in [6, 6.07) is 6.43. The van der Waals surface area contributed by atoms with Gasteiger partial charge in [-0.3, -0.25) is 5.10 Å². The van der Waals surface area contributed by atoms with Crippen LogP contribution in [-0.4, -0.2) is 20.2 Å². The van der Waals surface area contributed by atoms with E-state index in [-0.39, 0.29) is 0 Å². The minimum Gasteiger partial charge on any atom is -0.372 e. The van der Waals surface area contributed by atoms with E-state index < -0.39 is 0 Å². The SMILES string of the molecule is c1nc(NCc2ccc3c(c2)COC3)c2cn[nH]c2n1. The third-order valence-corrected chi connectivity index (χ3v) is 3.49. The van der Waals surface area contributed by atoms with E-state index in [0.29, 0.717) is 13.2 Å². The first-order chi connectivity index (χ1) is 9.90. The van der Waals surface area contributed by atoms with E-state index >= 15 is 0 Å². The van der Waals surface area contributed by atoms with Crippen LogP contribution in [0, 0.1) is 0 Å². The van der Waals surface area contributed by atoms with Crippen LogP contribution in [0.5, 0.6) is 0 Å². The number of benzene rings is 1. The number of nitrogens with one attached hydrogen (secondary N) is 2. The second-order valence-corrected chi connectivity index (χ2v) is 4.80. The summed E-state index contributed by atoms with van der Waals surface area (Å²) in [4.78, 5) is 8.38. The Morgan fingerprint density at radius 2 is 2.15 bits per heavy atom. The Bertz CT molecular complexity index is 767. The van der Waals surface area contributed by atoms with E-state index in [1.54, 1.807) is 6.20 Å². The van der Waals surface area contributed by atoms with Gasteiger partial charge in [-0.1, -0.05) is 18.2 Å². The van der Waals surface area contributed by atoms with Gasteiger partial charge in [0.1, 0.15) is 12.1 Å². The van der Waals surface area contributed by atoms with Gasteiger partial charge in [0.2, 0.25) is 0 Å². The van der Waals surface area contributed by atoms with E-state index in [1.807, 2.05) is 0 Å². The summed E-state index contributed by atoms with van der Waals surface area (Å²) in [6.07, 6.45) is 3.26. The zero-order chi connectivity index (χ0) is 13.4. The second-order valence-electron chi connectivity index (χ2n) is 4.80. The molecule has 6 nitrogen and oxygen atoms in total. The maximum atomic E-state index is 5.43. The minimum absolute atomic E-state index is 0.711. The van der Waals surface area contributed by atoms with Gasteiger partial charge in [0, 0.05) is 6.54 Å². The van der Waals surface area contributed by atoms with Crippen LogP contribution < -0.4 is 5.32 Å². The van der Waals surface area contributed by atoms with Gasteiger partial charge in [0.05, 0.1) is 24.8 Å². The standard InChI is InChI=1S/C14H13N5O/c1-2-10-6-20-7-11(10)3-9(1)4-15-13-12-5-18-19-14(12)17-8-16-13/h1-3,5,8H,4,6-7H2,(H2,15,16,17,18,19). The van der Waals surface area contributed by atoms with E-state index in [0.717, 1.165) is 23.5 Å². The maximum absolute atomic E-state index is 5.43. The van der Waals surface area contributed by atoms with Gasteiger partial charge in [0.15, 0.2) is 5.65 Å². The predicted molar refractivity (Wildman–Crippen MR) is 73.9 cm³/mol. The summed E-state index contributed by atoms with van der Waals surface area (Å²) in [5.41, 5.74) is 4.52. The highest BCUT2D eigenvalue weighted by Gasteiger charge is 2.11. The van der Waals surface area contributed by atoms with Crippen molar-refractivity contribution in [3.05, 3.63) is 47.4 Å². The zero-order valence-corrected chi connectivity index (χ0v) is 10.8. The number of aromatic amines is 1. The van der Waals surface area contributed by atoms with Crippen LogP contribution in [-0.2, 0) is 24.5 Å². The van der Waals surface area contributed by atoms with Crippen molar-refractivity contribution in [2.24, 2.45) is 0 Å². The Morgan fingerprint density at radius 3 is 3.15 bits per heavy atom. The summed E-state index contributed by atoms with van der Waals surface area (Å²) < 4.78 is 5.43. The molecule has 0 bridgehead atoms. The lowest BCUT2D eigenvalue weighted by Gasteiger charge is -2.07. The molecule has 100 valence electrons. The van der Waals surface area contributed by atoms with Gasteiger partial charge < -0.3 is 10.1 Å². The van der Waals surface area contributed by atoms with Crippen LogP contribution in [0.25, 0.3) is 11.0 Å². The number of nitrogens with zero attached hydrogens (tertiary/aromatic N) is 3. The summed E-state index contributed by atoms with van der Waals surface area (Å²) in [5, 5.41) is 11.0. The van der Waals surface area contributed by atoms with Gasteiger partial charge in [0.25, 0.3) is 0 Å². The molecule has 1 aromatic carbocycles. The second kappa shape index (κ2) is 4.57. The number of ether oxygens (including phenoxy) is 1. The Labute approximate surface area is 115 Å². The van der Waals surface area contributed by atoms with Crippen LogP contribution in [0.4, 0.5) is 5.82 Å². The molecule has 0 atom stereocenters. The van der Waals surface area contributed by atoms with E-state index in [9.17, 15) is 0 Å². The normalized spacial score (nSPS) is 13.6. The highest BCUT2D eigenvalue weighted by Crippen LogP contribution is 2.22. The predicted octanol–water partition coefficient (Wildman–Crippen LogP) is 2.00. The third-order valence-electron chi connectivity index (χ3n) is 3.49. The molecule has 0 amide bonds. The van der Waals surface area contributed by atoms with Crippen molar-refractivity contribution in [1.29, 1.82) is 0 Å². The molecule has 20 heavy (non-hydrogen) atoms. The molecule has 1 aliphatic heterocycles. The van der Waals surface area contributed by atoms with Crippen molar-refractivity contribution in [3.63, 3.8) is 0 Å². The molecule has 0 fully saturated rings. The highest BCUT2D eigenvalue weighted by atomic mass is 16.5. The monoisotopic (exact) mass is 267 g/mol. The number of hydrogen-bond acceptors (Lipinski definition) is 5. The van der Waals surface area contributed by atoms with Crippen molar-refractivity contribution >= 4 is 16.9 Å². The number of anilines is 1. The topological polar surface area (TPSA) is 75.7 Å². The lowest BCUT2D eigenvalue weighted by atomic mass is 10.1. The summed E-state index contributed by atoms with van der Waals surface area (Å²) in [6.45, 7) is 2.15. The number of hydrogen-bond donors (Lipinski definition) is 2. The van der Waals surface area contributed by atoms with Gasteiger partial charge in [-0.2, -0.15) is 5.10 Å². The lowest BCUT2D eigenvalue weighted by Crippen LogP contribution is -2.02. The number of fused-ring (bicyclic) bond motifs is 2. The molecule has 0 saturated heterocycles.